The van der Waals surface area contributed by atoms with E-state index in [-0.39, 0.29) is 39.9 Å². The monoisotopic (exact) mass is 429 g/mol. The number of aliphatic carboxylic acids is 1. The van der Waals surface area contributed by atoms with Gasteiger partial charge in [-0.1, -0.05) is 23.7 Å². The van der Waals surface area contributed by atoms with Gasteiger partial charge in [-0.05, 0) is 24.3 Å². The van der Waals surface area contributed by atoms with E-state index in [1.807, 2.05) is 0 Å². The molecule has 2 aromatic carbocycles. The second-order valence-electron chi connectivity index (χ2n) is 6.36. The molecule has 6 nitrogen and oxygen atoms in total. The van der Waals surface area contributed by atoms with Gasteiger partial charge in [-0.2, -0.15) is 13.2 Å². The van der Waals surface area contributed by atoms with Gasteiger partial charge < -0.3 is 20.3 Å². The molecule has 0 aromatic heterocycles. The van der Waals surface area contributed by atoms with Crippen molar-refractivity contribution in [3.05, 3.63) is 58.1 Å². The van der Waals surface area contributed by atoms with Crippen LogP contribution in [0.3, 0.4) is 0 Å². The number of hydrogen-bond acceptors (Lipinski definition) is 5. The molecule has 29 heavy (non-hydrogen) atoms. The average molecular weight is 430 g/mol. The number of carboxylic acids is 1. The molecule has 2 unspecified atom stereocenters. The van der Waals surface area contributed by atoms with Crippen LogP contribution in [0.2, 0.25) is 5.02 Å². The molecule has 2 aromatic rings. The Morgan fingerprint density at radius 2 is 2.07 bits per heavy atom. The van der Waals surface area contributed by atoms with Crippen LogP contribution >= 0.6 is 11.6 Å². The number of carboxylic acid groups (broad SMARTS) is 1. The number of alkyl halides is 3. The Hall–Kier alpha value is -2.78. The number of carbonyl (C=O) groups is 2. The van der Waals surface area contributed by atoms with Crippen molar-refractivity contribution in [1.29, 1.82) is 0 Å². The maximum absolute atomic E-state index is 13.1. The molecule has 154 valence electrons. The number of nitrogens with two attached hydrogens (primary N) is 1. The number of hydrogen-bond donors (Lipinski definition) is 2. The molecular formula is C19H15ClF3NO5. The standard InChI is InChI=1S/C19H15ClF3NO5/c20-12-3-1-2-10-14(25)7-16(29-17(10)12)11-5-4-9(19(21,22)23)6-15(11)28-8-13(24)18(26)27/h1-6,13,16H,7-8,24H2,(H,26,27). The highest BCUT2D eigenvalue weighted by Gasteiger charge is 2.35. The maximum Gasteiger partial charge on any atom is 0.416 e. The predicted octanol–water partition coefficient (Wildman–Crippen LogP) is 3.86. The van der Waals surface area contributed by atoms with Gasteiger partial charge in [0.15, 0.2) is 5.78 Å². The summed E-state index contributed by atoms with van der Waals surface area (Å²) >= 11 is 6.08. The van der Waals surface area contributed by atoms with Gasteiger partial charge in [0.1, 0.15) is 30.3 Å². The van der Waals surface area contributed by atoms with Gasteiger partial charge in [0, 0.05) is 5.56 Å². The molecule has 3 rings (SSSR count). The molecule has 1 aliphatic rings. The van der Waals surface area contributed by atoms with Gasteiger partial charge in [0.2, 0.25) is 0 Å². The molecule has 1 aliphatic heterocycles. The first-order valence-electron chi connectivity index (χ1n) is 8.38. The molecule has 2 atom stereocenters. The lowest BCUT2D eigenvalue weighted by atomic mass is 9.95. The molecule has 0 fully saturated rings. The third-order valence-corrected chi connectivity index (χ3v) is 4.62. The second kappa shape index (κ2) is 7.92. The quantitative estimate of drug-likeness (QED) is 0.749. The third-order valence-electron chi connectivity index (χ3n) is 4.32. The van der Waals surface area contributed by atoms with E-state index in [1.54, 1.807) is 6.07 Å². The summed E-state index contributed by atoms with van der Waals surface area (Å²) in [5.41, 5.74) is 4.79. The van der Waals surface area contributed by atoms with Crippen molar-refractivity contribution in [3.8, 4) is 11.5 Å². The summed E-state index contributed by atoms with van der Waals surface area (Å²) < 4.78 is 50.4. The van der Waals surface area contributed by atoms with Crippen LogP contribution in [0.1, 0.15) is 34.0 Å². The smallest absolute Gasteiger partial charge is 0.416 e. The predicted molar refractivity (Wildman–Crippen MR) is 96.3 cm³/mol. The molecule has 0 amide bonds. The highest BCUT2D eigenvalue weighted by molar-refractivity contribution is 6.32. The average Bonchev–Trinajstić information content (AvgIpc) is 2.65. The van der Waals surface area contributed by atoms with Crippen LogP contribution in [0.5, 0.6) is 11.5 Å². The number of benzene rings is 2. The lowest BCUT2D eigenvalue weighted by Crippen LogP contribution is -2.36. The summed E-state index contributed by atoms with van der Waals surface area (Å²) in [5, 5.41) is 9.05. The van der Waals surface area contributed by atoms with Gasteiger partial charge in [0.05, 0.1) is 22.6 Å². The van der Waals surface area contributed by atoms with E-state index in [0.29, 0.717) is 0 Å². The molecule has 0 aliphatic carbocycles. The fourth-order valence-electron chi connectivity index (χ4n) is 2.84. The van der Waals surface area contributed by atoms with E-state index in [9.17, 15) is 22.8 Å². The minimum absolute atomic E-state index is 0.128. The fraction of sp³-hybridized carbons (Fsp3) is 0.263. The highest BCUT2D eigenvalue weighted by Crippen LogP contribution is 2.43. The van der Waals surface area contributed by atoms with Crippen molar-refractivity contribution in [1.82, 2.24) is 0 Å². The van der Waals surface area contributed by atoms with Gasteiger partial charge in [-0.3, -0.25) is 9.59 Å². The number of para-hydroxylation sites is 1. The second-order valence-corrected chi connectivity index (χ2v) is 6.76. The molecule has 10 heteroatoms. The number of ketones is 1. The number of fused-ring (bicyclic) bond motifs is 1. The normalized spacial score (nSPS) is 17.3. The van der Waals surface area contributed by atoms with E-state index < -0.39 is 36.5 Å². The molecule has 0 saturated heterocycles. The first kappa shape index (κ1) is 20.9. The van der Waals surface area contributed by atoms with E-state index in [4.69, 9.17) is 31.9 Å². The van der Waals surface area contributed by atoms with Crippen LogP contribution in [0.4, 0.5) is 13.2 Å². The molecule has 3 N–H and O–H groups in total. The zero-order valence-electron chi connectivity index (χ0n) is 14.7. The van der Waals surface area contributed by atoms with Gasteiger partial charge >= 0.3 is 12.1 Å². The Bertz CT molecular complexity index is 963. The zero-order chi connectivity index (χ0) is 21.3. The van der Waals surface area contributed by atoms with Crippen molar-refractivity contribution >= 4 is 23.4 Å². The summed E-state index contributed by atoms with van der Waals surface area (Å²) in [6.45, 7) is -0.568. The molecule has 1 heterocycles. The first-order chi connectivity index (χ1) is 13.6. The van der Waals surface area contributed by atoms with Crippen molar-refractivity contribution in [2.75, 3.05) is 6.61 Å². The van der Waals surface area contributed by atoms with Crippen LogP contribution in [-0.2, 0) is 11.0 Å². The maximum atomic E-state index is 13.1. The zero-order valence-corrected chi connectivity index (χ0v) is 15.5. The van der Waals surface area contributed by atoms with E-state index >= 15 is 0 Å². The lowest BCUT2D eigenvalue weighted by Gasteiger charge is -2.28. The molecule has 0 radical (unpaired) electrons. The summed E-state index contributed by atoms with van der Waals surface area (Å²) in [4.78, 5) is 23.3. The SMILES string of the molecule is NC(COc1cc(C(F)(F)F)ccc1C1CC(=O)c2cccc(Cl)c2O1)C(=O)O. The van der Waals surface area contributed by atoms with Crippen LogP contribution in [0, 0.1) is 0 Å². The van der Waals surface area contributed by atoms with Crippen LogP contribution < -0.4 is 15.2 Å². The van der Waals surface area contributed by atoms with Crippen molar-refractivity contribution in [2.45, 2.75) is 24.7 Å². The minimum atomic E-state index is -4.65. The summed E-state index contributed by atoms with van der Waals surface area (Å²) in [6.07, 6.45) is -5.77. The van der Waals surface area contributed by atoms with Gasteiger partial charge in [0.25, 0.3) is 0 Å². The van der Waals surface area contributed by atoms with Gasteiger partial charge in [-0.25, -0.2) is 0 Å². The van der Waals surface area contributed by atoms with Crippen LogP contribution in [0.25, 0.3) is 0 Å². The van der Waals surface area contributed by atoms with E-state index in [0.717, 1.165) is 18.2 Å². The Morgan fingerprint density at radius 1 is 1.34 bits per heavy atom. The van der Waals surface area contributed by atoms with Crippen LogP contribution in [0.15, 0.2) is 36.4 Å². The van der Waals surface area contributed by atoms with Crippen molar-refractivity contribution in [2.24, 2.45) is 5.73 Å². The Labute approximate surface area is 168 Å². The van der Waals surface area contributed by atoms with Crippen molar-refractivity contribution < 1.29 is 37.3 Å². The summed E-state index contributed by atoms with van der Waals surface area (Å²) in [7, 11) is 0. The highest BCUT2D eigenvalue weighted by atomic mass is 35.5. The van der Waals surface area contributed by atoms with Crippen molar-refractivity contribution in [3.63, 3.8) is 0 Å². The van der Waals surface area contributed by atoms with Crippen LogP contribution in [-0.4, -0.2) is 29.5 Å². The van der Waals surface area contributed by atoms with E-state index in [2.05, 4.69) is 0 Å². The summed E-state index contributed by atoms with van der Waals surface area (Å²) in [6, 6.07) is 5.88. The Morgan fingerprint density at radius 3 is 2.72 bits per heavy atom. The number of halogens is 4. The van der Waals surface area contributed by atoms with E-state index in [1.165, 1.54) is 12.1 Å². The molecular weight excluding hydrogens is 415 g/mol. The molecule has 0 bridgehead atoms. The minimum Gasteiger partial charge on any atom is -0.491 e. The first-order valence-corrected chi connectivity index (χ1v) is 8.76. The number of carbonyl (C=O) groups excluding carboxylic acids is 1. The molecule has 0 saturated carbocycles. The number of Topliss-reactive ketones (excluding diaryl/α,β-unsaturated/α-hetero) is 1. The lowest BCUT2D eigenvalue weighted by molar-refractivity contribution is -0.140. The third kappa shape index (κ3) is 4.46. The summed E-state index contributed by atoms with van der Waals surface area (Å²) in [5.74, 6) is -1.82. The Kier molecular flexibility index (Phi) is 5.72. The molecule has 0 spiro atoms. The Balaban J connectivity index is 1.98. The topological polar surface area (TPSA) is 98.9 Å². The number of rotatable bonds is 5. The largest absolute Gasteiger partial charge is 0.491 e. The number of ether oxygens (including phenoxy) is 2. The fourth-order valence-corrected chi connectivity index (χ4v) is 3.06. The van der Waals surface area contributed by atoms with Gasteiger partial charge in [-0.15, -0.1) is 0 Å².